The summed E-state index contributed by atoms with van der Waals surface area (Å²) in [7, 11) is -3.91. The lowest BCUT2D eigenvalue weighted by Gasteiger charge is -2.13. The zero-order valence-corrected chi connectivity index (χ0v) is 12.8. The lowest BCUT2D eigenvalue weighted by atomic mass is 10.2. The molecule has 19 heavy (non-hydrogen) atoms. The Kier molecular flexibility index (Phi) is 4.02. The lowest BCUT2D eigenvalue weighted by Crippen LogP contribution is -2.30. The number of benzene rings is 1. The van der Waals surface area contributed by atoms with Crippen LogP contribution in [0.1, 0.15) is 25.3 Å². The highest BCUT2D eigenvalue weighted by Gasteiger charge is 2.38. The first-order chi connectivity index (χ1) is 8.77. The molecule has 7 heteroatoms. The minimum Gasteiger partial charge on any atom is -0.392 e. The van der Waals surface area contributed by atoms with Gasteiger partial charge in [-0.15, -0.1) is 0 Å². The molecule has 0 amide bonds. The number of rotatable bonds is 5. The maximum atomic E-state index is 14.0. The minimum atomic E-state index is -3.91. The highest BCUT2D eigenvalue weighted by molar-refractivity contribution is 9.10. The highest BCUT2D eigenvalue weighted by Crippen LogP contribution is 2.44. The molecule has 4 nitrogen and oxygen atoms in total. The maximum Gasteiger partial charge on any atom is 0.243 e. The summed E-state index contributed by atoms with van der Waals surface area (Å²) in [6.07, 6.45) is 1.94. The summed E-state index contributed by atoms with van der Waals surface area (Å²) in [6, 6.07) is 2.56. The molecule has 1 aromatic rings. The van der Waals surface area contributed by atoms with Gasteiger partial charge in [-0.25, -0.2) is 17.5 Å². The van der Waals surface area contributed by atoms with Gasteiger partial charge in [0.2, 0.25) is 10.0 Å². The number of nitrogens with one attached hydrogen (secondary N) is 1. The van der Waals surface area contributed by atoms with E-state index in [1.165, 1.54) is 12.1 Å². The third-order valence-electron chi connectivity index (χ3n) is 3.33. The van der Waals surface area contributed by atoms with E-state index >= 15 is 0 Å². The van der Waals surface area contributed by atoms with Gasteiger partial charge in [0.25, 0.3) is 0 Å². The molecule has 0 atom stereocenters. The summed E-state index contributed by atoms with van der Waals surface area (Å²) < 4.78 is 41.0. The van der Waals surface area contributed by atoms with Crippen molar-refractivity contribution in [3.8, 4) is 0 Å². The average Bonchev–Trinajstić information content (AvgIpc) is 3.08. The molecule has 1 saturated carbocycles. The summed E-state index contributed by atoms with van der Waals surface area (Å²) in [4.78, 5) is -0.435. The van der Waals surface area contributed by atoms with Crippen LogP contribution >= 0.6 is 15.9 Å². The average molecular weight is 352 g/mol. The Balaban J connectivity index is 2.31. The van der Waals surface area contributed by atoms with Gasteiger partial charge in [0.15, 0.2) is 0 Å². The number of aliphatic hydroxyl groups is 1. The van der Waals surface area contributed by atoms with Crippen LogP contribution in [0, 0.1) is 11.2 Å². The van der Waals surface area contributed by atoms with E-state index in [0.717, 1.165) is 12.8 Å². The van der Waals surface area contributed by atoms with Gasteiger partial charge < -0.3 is 5.11 Å². The summed E-state index contributed by atoms with van der Waals surface area (Å²) in [6.45, 7) is 1.73. The van der Waals surface area contributed by atoms with Crippen LogP contribution in [-0.4, -0.2) is 20.1 Å². The van der Waals surface area contributed by atoms with E-state index < -0.39 is 27.3 Å². The van der Waals surface area contributed by atoms with Gasteiger partial charge >= 0.3 is 0 Å². The summed E-state index contributed by atoms with van der Waals surface area (Å²) in [5, 5.41) is 9.03. The van der Waals surface area contributed by atoms with Crippen molar-refractivity contribution in [1.29, 1.82) is 0 Å². The van der Waals surface area contributed by atoms with Crippen molar-refractivity contribution in [2.24, 2.45) is 5.41 Å². The Morgan fingerprint density at radius 1 is 1.47 bits per heavy atom. The fourth-order valence-corrected chi connectivity index (χ4v) is 3.67. The Bertz CT molecular complexity index is 599. The number of halogens is 2. The molecule has 0 bridgehead atoms. The molecule has 2 N–H and O–H groups in total. The van der Waals surface area contributed by atoms with Gasteiger partial charge in [-0.3, -0.25) is 0 Å². The smallest absolute Gasteiger partial charge is 0.243 e. The molecule has 106 valence electrons. The molecule has 2 rings (SSSR count). The van der Waals surface area contributed by atoms with E-state index in [0.29, 0.717) is 11.0 Å². The molecule has 0 aromatic heterocycles. The van der Waals surface area contributed by atoms with Crippen molar-refractivity contribution in [2.75, 3.05) is 6.54 Å². The van der Waals surface area contributed by atoms with E-state index in [1.54, 1.807) is 0 Å². The largest absolute Gasteiger partial charge is 0.392 e. The van der Waals surface area contributed by atoms with Crippen LogP contribution in [0.15, 0.2) is 21.5 Å². The summed E-state index contributed by atoms with van der Waals surface area (Å²) in [5.41, 5.74) is -0.0533. The zero-order valence-electron chi connectivity index (χ0n) is 10.4. The molecule has 1 aliphatic rings. The van der Waals surface area contributed by atoms with Crippen molar-refractivity contribution in [1.82, 2.24) is 4.72 Å². The molecule has 0 radical (unpaired) electrons. The first-order valence-corrected chi connectivity index (χ1v) is 8.13. The van der Waals surface area contributed by atoms with Crippen LogP contribution in [0.25, 0.3) is 0 Å². The Hall–Kier alpha value is -0.500. The Morgan fingerprint density at radius 2 is 2.11 bits per heavy atom. The van der Waals surface area contributed by atoms with Gasteiger partial charge in [0.05, 0.1) is 6.61 Å². The molecular formula is C12H15BrFNO3S. The van der Waals surface area contributed by atoms with Crippen LogP contribution in [-0.2, 0) is 16.6 Å². The molecule has 0 aliphatic heterocycles. The molecule has 1 aliphatic carbocycles. The summed E-state index contributed by atoms with van der Waals surface area (Å²) in [5.74, 6) is -0.904. The van der Waals surface area contributed by atoms with Gasteiger partial charge in [-0.1, -0.05) is 22.9 Å². The van der Waals surface area contributed by atoms with Crippen LogP contribution in [0.2, 0.25) is 0 Å². The normalized spacial score (nSPS) is 17.5. The van der Waals surface area contributed by atoms with Crippen molar-refractivity contribution in [3.63, 3.8) is 0 Å². The highest BCUT2D eigenvalue weighted by atomic mass is 79.9. The van der Waals surface area contributed by atoms with E-state index in [9.17, 15) is 12.8 Å². The minimum absolute atomic E-state index is 0.00460. The van der Waals surface area contributed by atoms with E-state index in [-0.39, 0.29) is 11.0 Å². The van der Waals surface area contributed by atoms with Crippen molar-refractivity contribution in [2.45, 2.75) is 31.3 Å². The molecule has 0 heterocycles. The van der Waals surface area contributed by atoms with Crippen molar-refractivity contribution in [3.05, 3.63) is 28.0 Å². The van der Waals surface area contributed by atoms with E-state index in [4.69, 9.17) is 5.11 Å². The van der Waals surface area contributed by atoms with E-state index in [1.807, 2.05) is 6.92 Å². The third kappa shape index (κ3) is 3.34. The fourth-order valence-electron chi connectivity index (χ4n) is 1.67. The van der Waals surface area contributed by atoms with Crippen LogP contribution in [0.4, 0.5) is 4.39 Å². The second-order valence-electron chi connectivity index (χ2n) is 5.17. The molecule has 1 fully saturated rings. The van der Waals surface area contributed by atoms with Gasteiger partial charge in [-0.05, 0) is 30.4 Å². The monoisotopic (exact) mass is 351 g/mol. The molecular weight excluding hydrogens is 337 g/mol. The second-order valence-corrected chi connectivity index (χ2v) is 7.82. The predicted molar refractivity (Wildman–Crippen MR) is 72.6 cm³/mol. The number of hydrogen-bond donors (Lipinski definition) is 2. The lowest BCUT2D eigenvalue weighted by molar-refractivity contribution is 0.274. The van der Waals surface area contributed by atoms with Crippen molar-refractivity contribution < 1.29 is 17.9 Å². The van der Waals surface area contributed by atoms with Crippen LogP contribution in [0.5, 0.6) is 0 Å². The van der Waals surface area contributed by atoms with Gasteiger partial charge in [0.1, 0.15) is 10.7 Å². The van der Waals surface area contributed by atoms with Gasteiger partial charge in [0, 0.05) is 16.6 Å². The molecule has 0 spiro atoms. The number of hydrogen-bond acceptors (Lipinski definition) is 3. The Labute approximate surface area is 120 Å². The predicted octanol–water partition coefficient (Wildman–Crippen LogP) is 2.16. The quantitative estimate of drug-likeness (QED) is 0.854. The standard InChI is InChI=1S/C12H15BrFNO3S/c1-12(2-3-12)7-15-19(17,18)10-5-9(13)4-8(6-16)11(10)14/h4-5,15-16H,2-3,6-7H2,1H3. The Morgan fingerprint density at radius 3 is 2.63 bits per heavy atom. The SMILES string of the molecule is CC1(CNS(=O)(=O)c2cc(Br)cc(CO)c2F)CC1. The fraction of sp³-hybridized carbons (Fsp3) is 0.500. The first-order valence-electron chi connectivity index (χ1n) is 5.86. The maximum absolute atomic E-state index is 14.0. The molecule has 0 unspecified atom stereocenters. The van der Waals surface area contributed by atoms with Crippen LogP contribution in [0.3, 0.4) is 0 Å². The second kappa shape index (κ2) is 5.12. The molecule has 0 saturated heterocycles. The number of aliphatic hydroxyl groups excluding tert-OH is 1. The topological polar surface area (TPSA) is 66.4 Å². The number of sulfonamides is 1. The van der Waals surface area contributed by atoms with Crippen LogP contribution < -0.4 is 4.72 Å². The van der Waals surface area contributed by atoms with Gasteiger partial charge in [-0.2, -0.15) is 0 Å². The van der Waals surface area contributed by atoms with E-state index in [2.05, 4.69) is 20.7 Å². The third-order valence-corrected chi connectivity index (χ3v) is 5.19. The zero-order chi connectivity index (χ0) is 14.3. The summed E-state index contributed by atoms with van der Waals surface area (Å²) >= 11 is 3.11. The first kappa shape index (κ1) is 14.9. The van der Waals surface area contributed by atoms with Crippen molar-refractivity contribution >= 4 is 26.0 Å². The molecule has 1 aromatic carbocycles.